The third-order valence-electron chi connectivity index (χ3n) is 3.48. The number of hydrogen-bond donors (Lipinski definition) is 0. The number of unbranched alkanes of at least 4 members (excludes halogenated alkanes) is 3. The Labute approximate surface area is 122 Å². The van der Waals surface area contributed by atoms with Crippen molar-refractivity contribution in [1.29, 1.82) is 0 Å². The van der Waals surface area contributed by atoms with E-state index in [9.17, 15) is 0 Å². The molecule has 19 heavy (non-hydrogen) atoms. The van der Waals surface area contributed by atoms with E-state index in [0.717, 1.165) is 11.6 Å². The summed E-state index contributed by atoms with van der Waals surface area (Å²) in [5.74, 6) is 0.585. The molecule has 0 fully saturated rings. The van der Waals surface area contributed by atoms with Crippen LogP contribution in [0.1, 0.15) is 64.0 Å². The van der Waals surface area contributed by atoms with Gasteiger partial charge in [-0.1, -0.05) is 64.5 Å². The number of nitrogens with zero attached hydrogens (tertiary/aromatic N) is 2. The normalized spacial score (nSPS) is 12.3. The molecule has 1 heterocycles. The number of imidazole rings is 1. The molecule has 0 aliphatic rings. The van der Waals surface area contributed by atoms with Gasteiger partial charge in [-0.3, -0.25) is 4.57 Å². The van der Waals surface area contributed by atoms with E-state index in [0.29, 0.717) is 5.92 Å². The summed E-state index contributed by atoms with van der Waals surface area (Å²) in [6.45, 7) is 12.2. The van der Waals surface area contributed by atoms with E-state index >= 15 is 0 Å². The smallest absolute Gasteiger partial charge is 0.176 e. The third kappa shape index (κ3) is 4.57. The van der Waals surface area contributed by atoms with Gasteiger partial charge < -0.3 is 0 Å². The average Bonchev–Trinajstić information content (AvgIpc) is 2.82. The van der Waals surface area contributed by atoms with Gasteiger partial charge in [-0.25, -0.2) is 4.98 Å². The van der Waals surface area contributed by atoms with Crippen LogP contribution in [0.5, 0.6) is 0 Å². The molecule has 1 aromatic heterocycles. The summed E-state index contributed by atoms with van der Waals surface area (Å²) in [6.07, 6.45) is 11.5. The standard InChI is InChI=1S/C16H26N2S/c1-5-9-10-11-12-14(6-2)15-13-17-16(19-8-4)18(15)7-3/h7-8,13-14H,3-6,9-12H2,1-2H3. The Morgan fingerprint density at radius 2 is 2.11 bits per heavy atom. The number of hydrogen-bond acceptors (Lipinski definition) is 2. The topological polar surface area (TPSA) is 17.8 Å². The third-order valence-corrected chi connectivity index (χ3v) is 4.16. The SMILES string of the molecule is C=CSc1ncc(C(CC)CCCCCC)n1C=C. The molecule has 0 radical (unpaired) electrons. The minimum atomic E-state index is 0.585. The molecule has 1 atom stereocenters. The van der Waals surface area contributed by atoms with Crippen LogP contribution < -0.4 is 0 Å². The lowest BCUT2D eigenvalue weighted by atomic mass is 9.95. The second-order valence-corrected chi connectivity index (χ2v) is 5.69. The molecule has 0 aromatic carbocycles. The highest BCUT2D eigenvalue weighted by Crippen LogP contribution is 2.29. The molecule has 0 spiro atoms. The van der Waals surface area contributed by atoms with E-state index in [2.05, 4.69) is 36.6 Å². The van der Waals surface area contributed by atoms with Gasteiger partial charge in [0.1, 0.15) is 0 Å². The Kier molecular flexibility index (Phi) is 7.65. The van der Waals surface area contributed by atoms with Crippen LogP contribution >= 0.6 is 11.8 Å². The molecular weight excluding hydrogens is 252 g/mol. The molecule has 1 aromatic rings. The van der Waals surface area contributed by atoms with Crippen molar-refractivity contribution in [3.05, 3.63) is 30.5 Å². The molecule has 0 N–H and O–H groups in total. The summed E-state index contributed by atoms with van der Waals surface area (Å²) in [6, 6.07) is 0. The first-order chi connectivity index (χ1) is 9.28. The monoisotopic (exact) mass is 278 g/mol. The van der Waals surface area contributed by atoms with Gasteiger partial charge in [0.25, 0.3) is 0 Å². The lowest BCUT2D eigenvalue weighted by Crippen LogP contribution is -2.04. The maximum absolute atomic E-state index is 4.47. The largest absolute Gasteiger partial charge is 0.299 e. The van der Waals surface area contributed by atoms with Crippen LogP contribution in [-0.4, -0.2) is 9.55 Å². The van der Waals surface area contributed by atoms with E-state index < -0.39 is 0 Å². The summed E-state index contributed by atoms with van der Waals surface area (Å²) in [5.41, 5.74) is 1.29. The maximum Gasteiger partial charge on any atom is 0.176 e. The van der Waals surface area contributed by atoms with Gasteiger partial charge in [0.2, 0.25) is 0 Å². The van der Waals surface area contributed by atoms with E-state index in [1.165, 1.54) is 37.8 Å². The van der Waals surface area contributed by atoms with Gasteiger partial charge in [0.15, 0.2) is 5.16 Å². The van der Waals surface area contributed by atoms with Gasteiger partial charge in [0, 0.05) is 17.8 Å². The molecular formula is C16H26N2S. The van der Waals surface area contributed by atoms with Crippen molar-refractivity contribution in [2.24, 2.45) is 0 Å². The summed E-state index contributed by atoms with van der Waals surface area (Å²) in [4.78, 5) is 4.47. The number of rotatable bonds is 10. The molecule has 0 aliphatic carbocycles. The summed E-state index contributed by atoms with van der Waals surface area (Å²) < 4.78 is 2.11. The Hall–Kier alpha value is -0.960. The highest BCUT2D eigenvalue weighted by molar-refractivity contribution is 8.02. The molecule has 0 aliphatic heterocycles. The molecule has 2 nitrogen and oxygen atoms in total. The average molecular weight is 278 g/mol. The maximum atomic E-state index is 4.47. The Morgan fingerprint density at radius 3 is 2.68 bits per heavy atom. The van der Waals surface area contributed by atoms with Crippen molar-refractivity contribution in [3.63, 3.8) is 0 Å². The minimum Gasteiger partial charge on any atom is -0.299 e. The van der Waals surface area contributed by atoms with Gasteiger partial charge in [-0.2, -0.15) is 0 Å². The highest BCUT2D eigenvalue weighted by Gasteiger charge is 2.16. The first kappa shape index (κ1) is 16.1. The van der Waals surface area contributed by atoms with Crippen LogP contribution in [0, 0.1) is 0 Å². The molecule has 0 bridgehead atoms. The summed E-state index contributed by atoms with van der Waals surface area (Å²) in [5, 5.41) is 2.78. The van der Waals surface area contributed by atoms with Crippen LogP contribution in [0.2, 0.25) is 0 Å². The van der Waals surface area contributed by atoms with Crippen molar-refractivity contribution >= 4 is 18.0 Å². The Morgan fingerprint density at radius 1 is 1.32 bits per heavy atom. The van der Waals surface area contributed by atoms with Crippen LogP contribution in [0.25, 0.3) is 6.20 Å². The molecule has 0 saturated heterocycles. The second kappa shape index (κ2) is 9.03. The quantitative estimate of drug-likeness (QED) is 0.404. The fourth-order valence-electron chi connectivity index (χ4n) is 2.38. The van der Waals surface area contributed by atoms with Crippen LogP contribution in [0.3, 0.4) is 0 Å². The van der Waals surface area contributed by atoms with Gasteiger partial charge in [0.05, 0.1) is 6.20 Å². The number of thioether (sulfide) groups is 1. The van der Waals surface area contributed by atoms with E-state index in [1.54, 1.807) is 11.8 Å². The zero-order valence-electron chi connectivity index (χ0n) is 12.3. The Bertz CT molecular complexity index is 395. The zero-order chi connectivity index (χ0) is 14.1. The zero-order valence-corrected chi connectivity index (χ0v) is 13.1. The summed E-state index contributed by atoms with van der Waals surface area (Å²) in [7, 11) is 0. The van der Waals surface area contributed by atoms with E-state index in [4.69, 9.17) is 0 Å². The van der Waals surface area contributed by atoms with Crippen molar-refractivity contribution in [2.45, 2.75) is 63.4 Å². The summed E-state index contributed by atoms with van der Waals surface area (Å²) >= 11 is 1.55. The van der Waals surface area contributed by atoms with E-state index in [1.807, 2.05) is 17.8 Å². The molecule has 0 saturated carbocycles. The molecule has 1 rings (SSSR count). The fourth-order valence-corrected chi connectivity index (χ4v) is 2.94. The fraction of sp³-hybridized carbons (Fsp3) is 0.562. The lowest BCUT2D eigenvalue weighted by Gasteiger charge is -2.16. The first-order valence-corrected chi connectivity index (χ1v) is 8.13. The van der Waals surface area contributed by atoms with Crippen molar-refractivity contribution in [3.8, 4) is 0 Å². The molecule has 106 valence electrons. The Balaban J connectivity index is 2.74. The predicted octanol–water partition coefficient (Wildman–Crippen LogP) is 5.68. The minimum absolute atomic E-state index is 0.585. The first-order valence-electron chi connectivity index (χ1n) is 7.25. The molecule has 3 heteroatoms. The van der Waals surface area contributed by atoms with Crippen molar-refractivity contribution < 1.29 is 0 Å². The van der Waals surface area contributed by atoms with Gasteiger partial charge in [-0.05, 0) is 18.2 Å². The lowest BCUT2D eigenvalue weighted by molar-refractivity contribution is 0.527. The van der Waals surface area contributed by atoms with Gasteiger partial charge in [-0.15, -0.1) is 0 Å². The van der Waals surface area contributed by atoms with E-state index in [-0.39, 0.29) is 0 Å². The van der Waals surface area contributed by atoms with Gasteiger partial charge >= 0.3 is 0 Å². The highest BCUT2D eigenvalue weighted by atomic mass is 32.2. The van der Waals surface area contributed by atoms with Crippen molar-refractivity contribution in [1.82, 2.24) is 9.55 Å². The van der Waals surface area contributed by atoms with Crippen LogP contribution in [0.4, 0.5) is 0 Å². The predicted molar refractivity (Wildman–Crippen MR) is 86.5 cm³/mol. The van der Waals surface area contributed by atoms with Crippen LogP contribution in [0.15, 0.2) is 29.9 Å². The molecule has 1 unspecified atom stereocenters. The number of aromatic nitrogens is 2. The molecule has 0 amide bonds. The second-order valence-electron chi connectivity index (χ2n) is 4.76. The van der Waals surface area contributed by atoms with Crippen molar-refractivity contribution in [2.75, 3.05) is 0 Å². The van der Waals surface area contributed by atoms with Crippen LogP contribution in [-0.2, 0) is 0 Å².